The summed E-state index contributed by atoms with van der Waals surface area (Å²) in [7, 11) is 12.4. The molecule has 0 bridgehead atoms. The Bertz CT molecular complexity index is 5330. The monoisotopic (exact) mass is 1340 g/mol. The van der Waals surface area contributed by atoms with E-state index in [0.29, 0.717) is 36.2 Å². The third kappa shape index (κ3) is 12.0. The number of furan rings is 3. The zero-order valence-electron chi connectivity index (χ0n) is 68.8. The molecule has 0 saturated carbocycles. The molecule has 2 saturated heterocycles. The number of aromatic nitrogens is 6. The van der Waals surface area contributed by atoms with Crippen LogP contribution in [-0.4, -0.2) is 113 Å². The molecule has 514 valence electrons. The van der Waals surface area contributed by atoms with Gasteiger partial charge in [-0.2, -0.15) is 0 Å². The van der Waals surface area contributed by atoms with Gasteiger partial charge in [-0.25, -0.2) is 28.7 Å². The number of imidazole rings is 1. The van der Waals surface area contributed by atoms with Crippen molar-refractivity contribution < 1.29 is 30.6 Å². The topological polar surface area (TPSA) is 110 Å². The van der Waals surface area contributed by atoms with Crippen LogP contribution in [0.2, 0.25) is 0 Å². The number of anilines is 3. The van der Waals surface area contributed by atoms with Gasteiger partial charge in [0.15, 0.2) is 29.1 Å². The Morgan fingerprint density at radius 3 is 1.46 bits per heavy atom. The van der Waals surface area contributed by atoms with Crippen LogP contribution in [0.25, 0.3) is 68.9 Å². The van der Waals surface area contributed by atoms with Gasteiger partial charge in [0.1, 0.15) is 24.5 Å². The zero-order chi connectivity index (χ0) is 76.7. The van der Waals surface area contributed by atoms with Crippen molar-refractivity contribution in [2.45, 2.75) is 160 Å². The fourth-order valence-electron chi connectivity index (χ4n) is 17.9. The van der Waals surface area contributed by atoms with Crippen LogP contribution in [0, 0.1) is 38.5 Å². The summed E-state index contributed by atoms with van der Waals surface area (Å²) in [6.07, 6.45) is 14.4. The first-order chi connectivity index (χ1) is 49.6. The summed E-state index contributed by atoms with van der Waals surface area (Å²) in [6.45, 7) is 30.8. The van der Waals surface area contributed by atoms with Crippen molar-refractivity contribution in [3.8, 4) is 5.69 Å². The van der Waals surface area contributed by atoms with Crippen molar-refractivity contribution in [3.05, 3.63) is 189 Å². The number of hydrogen-bond acceptors (Lipinski definition) is 12. The maximum Gasteiger partial charge on any atom is 0.399 e. The van der Waals surface area contributed by atoms with Gasteiger partial charge < -0.3 is 42.1 Å². The Kier molecular flexibility index (Phi) is 16.0. The highest BCUT2D eigenvalue weighted by Gasteiger charge is 2.56. The number of rotatable bonds is 5. The number of aryl methyl sites for hydroxylation is 4. The van der Waals surface area contributed by atoms with Crippen LogP contribution in [0.15, 0.2) is 151 Å². The maximum atomic E-state index is 8.21. The molecule has 6 aliphatic rings. The van der Waals surface area contributed by atoms with Crippen molar-refractivity contribution in [1.82, 2.24) is 34.0 Å². The average molecular weight is 1340 g/mol. The summed E-state index contributed by atoms with van der Waals surface area (Å²) in [5.74, 6) is 2.78. The highest BCUT2D eigenvalue weighted by molar-refractivity contribution is 6.85. The molecule has 100 heavy (non-hydrogen) atoms. The average Bonchev–Trinajstić information content (AvgIpc) is 1.58. The van der Waals surface area contributed by atoms with Gasteiger partial charge in [0.05, 0.1) is 40.3 Å². The second-order valence-corrected chi connectivity index (χ2v) is 31.4. The van der Waals surface area contributed by atoms with Gasteiger partial charge in [-0.1, -0.05) is 98.0 Å². The molecule has 14 heterocycles. The van der Waals surface area contributed by atoms with Crippen molar-refractivity contribution >= 4 is 119 Å². The first kappa shape index (κ1) is 62.2. The predicted octanol–water partition coefficient (Wildman–Crippen LogP) is 13.0. The first-order valence-corrected chi connectivity index (χ1v) is 35.3. The minimum absolute atomic E-state index is 0.0428. The first-order valence-electron chi connectivity index (χ1n) is 38.3. The number of benzene rings is 2. The number of para-hydroxylation sites is 1. The van der Waals surface area contributed by atoms with Gasteiger partial charge in [0.2, 0.25) is 17.1 Å². The van der Waals surface area contributed by atoms with Gasteiger partial charge in [-0.15, -0.1) is 0 Å². The molecule has 10 aromatic rings. The van der Waals surface area contributed by atoms with Gasteiger partial charge in [-0.05, 0) is 231 Å². The molecular formula is C81H102B4N12O3+2. The third-order valence-corrected chi connectivity index (χ3v) is 22.5. The number of nitrogens with zero attached hydrogens (tertiary/aromatic N) is 12. The predicted molar refractivity (Wildman–Crippen MR) is 419 cm³/mol. The standard InChI is InChI=1S/C23H24BN4O.2C21H30BN3O.C16H18BN2/c1-15-13-20-22(19-12-11-16(2)25-23(19)29-20)27(5)24(15)21-14-28(17(3)26(21)4)18-9-7-6-8-10-18;2*1-13-11-17-18(16-10-9-14(2)23-19(16)26-17)24(8)22(13)25-15(3)20(4,5)12-21(25,6)7;1-13-15-9-5-4-8-14(15)12-19(3)17(13)16-10-6-7-11-18(16)2/h6-14H,1-5H3;2*9-11,15H,12H2,1-8H3;4-12H,1-3H3/q+1;;;+1/i3D3;4D3;;. The van der Waals surface area contributed by atoms with Crippen LogP contribution < -0.4 is 45.2 Å². The molecule has 0 N–H and O–H groups in total. The molecule has 2 fully saturated rings. The molecule has 0 amide bonds. The number of allylic oxidation sites excluding steroid dienone is 3. The second-order valence-electron chi connectivity index (χ2n) is 31.4. The number of hydrogen-bond donors (Lipinski definition) is 0. The van der Waals surface area contributed by atoms with Gasteiger partial charge in [0, 0.05) is 61.4 Å². The minimum Gasteiger partial charge on any atom is -0.436 e. The second kappa shape index (κ2) is 25.7. The van der Waals surface area contributed by atoms with E-state index in [4.69, 9.17) is 21.5 Å². The van der Waals surface area contributed by atoms with Crippen molar-refractivity contribution in [2.75, 3.05) is 42.6 Å². The van der Waals surface area contributed by atoms with Crippen molar-refractivity contribution in [3.63, 3.8) is 0 Å². The fraction of sp³-hybridized carbons (Fsp3) is 0.395. The highest BCUT2D eigenvalue weighted by atomic mass is 16.4. The van der Waals surface area contributed by atoms with Crippen LogP contribution >= 0.6 is 0 Å². The molecule has 19 heteroatoms. The molecule has 3 atom stereocenters. The van der Waals surface area contributed by atoms with Gasteiger partial charge in [-0.3, -0.25) is 0 Å². The lowest BCUT2D eigenvalue weighted by Crippen LogP contribution is -2.62. The lowest BCUT2D eigenvalue weighted by molar-refractivity contribution is -0.654. The van der Waals surface area contributed by atoms with Crippen molar-refractivity contribution in [1.29, 1.82) is 0 Å². The molecule has 8 aromatic heterocycles. The molecule has 6 aliphatic heterocycles. The number of pyridine rings is 4. The third-order valence-electron chi connectivity index (χ3n) is 22.5. The highest BCUT2D eigenvalue weighted by Crippen LogP contribution is 2.52. The van der Waals surface area contributed by atoms with E-state index in [0.717, 1.165) is 95.5 Å². The molecule has 16 rings (SSSR count). The summed E-state index contributed by atoms with van der Waals surface area (Å²) < 4.78 is 73.2. The van der Waals surface area contributed by atoms with E-state index in [1.165, 1.54) is 33.4 Å². The Labute approximate surface area is 603 Å². The Balaban J connectivity index is 0.000000127. The zero-order valence-corrected chi connectivity index (χ0v) is 62.8. The van der Waals surface area contributed by atoms with E-state index in [2.05, 4.69) is 238 Å². The molecule has 2 aromatic carbocycles. The molecule has 0 radical (unpaired) electrons. The smallest absolute Gasteiger partial charge is 0.399 e. The molecule has 0 spiro atoms. The van der Waals surface area contributed by atoms with E-state index < -0.39 is 19.1 Å². The summed E-state index contributed by atoms with van der Waals surface area (Å²) >= 11 is 0. The Morgan fingerprint density at radius 2 is 0.990 bits per heavy atom. The quantitative estimate of drug-likeness (QED) is 0.121. The summed E-state index contributed by atoms with van der Waals surface area (Å²) in [5, 5.41) is 5.70. The minimum atomic E-state index is -2.28. The van der Waals surface area contributed by atoms with E-state index in [9.17, 15) is 0 Å². The largest absolute Gasteiger partial charge is 0.436 e. The fourth-order valence-corrected chi connectivity index (χ4v) is 17.9. The molecule has 0 aliphatic carbocycles. The Morgan fingerprint density at radius 1 is 0.530 bits per heavy atom. The van der Waals surface area contributed by atoms with E-state index in [1.807, 2.05) is 110 Å². The van der Waals surface area contributed by atoms with Crippen LogP contribution in [-0.2, 0) is 14.1 Å². The van der Waals surface area contributed by atoms with Gasteiger partial charge >= 0.3 is 27.7 Å². The van der Waals surface area contributed by atoms with Crippen LogP contribution in [0.4, 0.5) is 17.1 Å². The Hall–Kier alpha value is -8.79. The van der Waals surface area contributed by atoms with Crippen molar-refractivity contribution in [2.24, 2.45) is 24.9 Å². The van der Waals surface area contributed by atoms with Crippen LogP contribution in [0.3, 0.4) is 0 Å². The van der Waals surface area contributed by atoms with Crippen LogP contribution in [0.5, 0.6) is 0 Å². The molecule has 3 unspecified atom stereocenters. The normalized spacial score (nSPS) is 21.7. The summed E-state index contributed by atoms with van der Waals surface area (Å²) in [5.41, 5.74) is 15.3. The van der Waals surface area contributed by atoms with Crippen LogP contribution in [0.1, 0.15) is 158 Å². The van der Waals surface area contributed by atoms with E-state index >= 15 is 0 Å². The molecular weight excluding hydrogens is 1230 g/mol. The number of fused-ring (bicyclic) bond motifs is 10. The lowest BCUT2D eigenvalue weighted by Gasteiger charge is -2.45. The lowest BCUT2D eigenvalue weighted by atomic mass is 9.50. The van der Waals surface area contributed by atoms with E-state index in [1.54, 1.807) is 9.13 Å². The molecule has 15 nitrogen and oxygen atoms in total. The van der Waals surface area contributed by atoms with E-state index in [-0.39, 0.29) is 43.8 Å². The SMILES string of the molecule is CC1=Cc2oc3nc(C)ccc3c2N(C)B1N1C(C)C(C)(C)CC1(C)C.CC1=c2ccccc2=CN(C)B1c1cccc[n+]1C.[2H]C([2H])([2H])C1(C)CC(C)(C)N(B2C(C)=Cc3oc4nc(C)ccc4c3N2C)C1C.[2H]C([2H])([2H])c1n(C)c(B2C(C)=Cc3oc4nc(C)ccc4c3N2C)c[n+]1-c1ccccc1. The maximum absolute atomic E-state index is 8.21. The summed E-state index contributed by atoms with van der Waals surface area (Å²) in [4.78, 5) is 27.8. The summed E-state index contributed by atoms with van der Waals surface area (Å²) in [6, 6.07) is 37.2. The van der Waals surface area contributed by atoms with Gasteiger partial charge in [0.25, 0.3) is 5.82 Å².